The van der Waals surface area contributed by atoms with E-state index in [1.54, 1.807) is 12.1 Å². The molecule has 6 nitrogen and oxygen atoms in total. The fourth-order valence-electron chi connectivity index (χ4n) is 3.20. The minimum Gasteiger partial charge on any atom is -0.454 e. The zero-order valence-electron chi connectivity index (χ0n) is 14.3. The van der Waals surface area contributed by atoms with Gasteiger partial charge in [0.1, 0.15) is 6.54 Å². The van der Waals surface area contributed by atoms with Gasteiger partial charge in [-0.3, -0.25) is 14.5 Å². The van der Waals surface area contributed by atoms with Gasteiger partial charge in [-0.05, 0) is 30.7 Å². The van der Waals surface area contributed by atoms with Crippen molar-refractivity contribution in [3.63, 3.8) is 0 Å². The number of carbonyl (C=O) groups is 2. The van der Waals surface area contributed by atoms with Gasteiger partial charge in [-0.1, -0.05) is 30.8 Å². The molecule has 0 spiro atoms. The number of carbonyl (C=O) groups excluding carboxylic acids is 2. The highest BCUT2D eigenvalue weighted by molar-refractivity contribution is 6.10. The highest BCUT2D eigenvalue weighted by atomic mass is 16.7. The van der Waals surface area contributed by atoms with Crippen LogP contribution in [0.1, 0.15) is 34.5 Å². The summed E-state index contributed by atoms with van der Waals surface area (Å²) in [6.07, 6.45) is 0. The van der Waals surface area contributed by atoms with Gasteiger partial charge in [-0.15, -0.1) is 0 Å². The highest BCUT2D eigenvalue weighted by Gasteiger charge is 2.32. The van der Waals surface area contributed by atoms with Crippen molar-refractivity contribution in [2.24, 2.45) is 0 Å². The van der Waals surface area contributed by atoms with E-state index < -0.39 is 0 Å². The normalized spacial score (nSPS) is 15.8. The Morgan fingerprint density at radius 2 is 1.92 bits per heavy atom. The molecular formula is C20H18N2O4. The van der Waals surface area contributed by atoms with Crippen LogP contribution in [0.3, 0.4) is 0 Å². The molecule has 0 saturated carbocycles. The van der Waals surface area contributed by atoms with Crippen LogP contribution in [0.4, 0.5) is 0 Å². The lowest BCUT2D eigenvalue weighted by atomic mass is 10.1. The van der Waals surface area contributed by atoms with Gasteiger partial charge in [0.25, 0.3) is 5.91 Å². The number of nitrogens with zero attached hydrogens (tertiary/aromatic N) is 1. The van der Waals surface area contributed by atoms with Crippen molar-refractivity contribution < 1.29 is 19.1 Å². The molecule has 0 radical (unpaired) electrons. The van der Waals surface area contributed by atoms with Crippen molar-refractivity contribution in [2.75, 3.05) is 13.3 Å². The molecule has 2 aromatic rings. The molecule has 2 heterocycles. The fraction of sp³-hybridized carbons (Fsp3) is 0.200. The maximum absolute atomic E-state index is 12.5. The van der Waals surface area contributed by atoms with E-state index in [1.807, 2.05) is 37.3 Å². The van der Waals surface area contributed by atoms with E-state index in [9.17, 15) is 9.59 Å². The number of nitrogens with one attached hydrogen (secondary N) is 1. The van der Waals surface area contributed by atoms with Crippen LogP contribution in [0.15, 0.2) is 49.0 Å². The number of hydrogen-bond donors (Lipinski definition) is 1. The minimum atomic E-state index is -0.252. The molecule has 2 aromatic carbocycles. The Morgan fingerprint density at radius 3 is 2.69 bits per heavy atom. The van der Waals surface area contributed by atoms with E-state index in [-0.39, 0.29) is 31.2 Å². The lowest BCUT2D eigenvalue weighted by Crippen LogP contribution is -2.37. The Labute approximate surface area is 151 Å². The predicted molar refractivity (Wildman–Crippen MR) is 95.6 cm³/mol. The molecule has 0 fully saturated rings. The third-order valence-corrected chi connectivity index (χ3v) is 4.62. The van der Waals surface area contributed by atoms with Gasteiger partial charge in [0.05, 0.1) is 6.04 Å². The average Bonchev–Trinajstić information content (AvgIpc) is 3.20. The van der Waals surface area contributed by atoms with E-state index in [2.05, 4.69) is 11.9 Å². The van der Waals surface area contributed by atoms with E-state index in [0.29, 0.717) is 22.8 Å². The maximum atomic E-state index is 12.5. The van der Waals surface area contributed by atoms with Crippen LogP contribution in [0, 0.1) is 0 Å². The van der Waals surface area contributed by atoms with Crippen molar-refractivity contribution in [3.05, 3.63) is 65.7 Å². The predicted octanol–water partition coefficient (Wildman–Crippen LogP) is 2.72. The number of fused-ring (bicyclic) bond motifs is 2. The third-order valence-electron chi connectivity index (χ3n) is 4.62. The molecule has 1 atom stereocenters. The summed E-state index contributed by atoms with van der Waals surface area (Å²) in [5, 5.41) is 2.91. The monoisotopic (exact) mass is 350 g/mol. The summed E-state index contributed by atoms with van der Waals surface area (Å²) >= 11 is 0. The number of rotatable bonds is 4. The Hall–Kier alpha value is -3.28. The summed E-state index contributed by atoms with van der Waals surface area (Å²) in [5.41, 5.74) is 2.80. The smallest absolute Gasteiger partial charge is 0.259 e. The molecule has 2 amide bonds. The Balaban J connectivity index is 1.43. The van der Waals surface area contributed by atoms with Gasteiger partial charge >= 0.3 is 0 Å². The second kappa shape index (κ2) is 6.22. The lowest BCUT2D eigenvalue weighted by molar-refractivity contribution is -0.121. The second-order valence-corrected chi connectivity index (χ2v) is 6.29. The van der Waals surface area contributed by atoms with Crippen LogP contribution >= 0.6 is 0 Å². The third kappa shape index (κ3) is 2.69. The SMILES string of the molecule is C=C1c2ccccc2C(=O)N1CC(=O)N[C@H](C)c1ccc2c(c1)OCO2. The summed E-state index contributed by atoms with van der Waals surface area (Å²) in [5.74, 6) is 0.917. The molecular weight excluding hydrogens is 332 g/mol. The van der Waals surface area contributed by atoms with Gasteiger partial charge in [-0.25, -0.2) is 0 Å². The summed E-state index contributed by atoms with van der Waals surface area (Å²) in [4.78, 5) is 26.3. The largest absolute Gasteiger partial charge is 0.454 e. The molecule has 26 heavy (non-hydrogen) atoms. The van der Waals surface area contributed by atoms with Crippen LogP contribution in [0.2, 0.25) is 0 Å². The quantitative estimate of drug-likeness (QED) is 0.921. The lowest BCUT2D eigenvalue weighted by Gasteiger charge is -2.20. The van der Waals surface area contributed by atoms with Crippen molar-refractivity contribution in [1.82, 2.24) is 10.2 Å². The first-order valence-corrected chi connectivity index (χ1v) is 8.33. The summed E-state index contributed by atoms with van der Waals surface area (Å²) in [7, 11) is 0. The molecule has 0 bridgehead atoms. The molecule has 0 saturated heterocycles. The Kier molecular flexibility index (Phi) is 3.88. The zero-order chi connectivity index (χ0) is 18.3. The van der Waals surface area contributed by atoms with Gasteiger partial charge in [0.15, 0.2) is 11.5 Å². The van der Waals surface area contributed by atoms with Gasteiger partial charge in [-0.2, -0.15) is 0 Å². The average molecular weight is 350 g/mol. The summed E-state index contributed by atoms with van der Waals surface area (Å²) < 4.78 is 10.7. The van der Waals surface area contributed by atoms with Crippen molar-refractivity contribution in [2.45, 2.75) is 13.0 Å². The van der Waals surface area contributed by atoms with E-state index in [4.69, 9.17) is 9.47 Å². The number of benzene rings is 2. The summed E-state index contributed by atoms with van der Waals surface area (Å²) in [6.45, 7) is 5.97. The van der Waals surface area contributed by atoms with E-state index in [0.717, 1.165) is 11.1 Å². The number of ether oxygens (including phenoxy) is 2. The van der Waals surface area contributed by atoms with E-state index in [1.165, 1.54) is 4.90 Å². The first-order valence-electron chi connectivity index (χ1n) is 8.33. The zero-order valence-corrected chi connectivity index (χ0v) is 14.3. The molecule has 1 N–H and O–H groups in total. The van der Waals surface area contributed by atoms with Crippen LogP contribution in [-0.4, -0.2) is 30.1 Å². The Morgan fingerprint density at radius 1 is 1.19 bits per heavy atom. The molecule has 0 unspecified atom stereocenters. The van der Waals surface area contributed by atoms with Crippen LogP contribution in [0.5, 0.6) is 11.5 Å². The molecule has 0 aromatic heterocycles. The van der Waals surface area contributed by atoms with E-state index >= 15 is 0 Å². The van der Waals surface area contributed by atoms with Crippen molar-refractivity contribution in [3.8, 4) is 11.5 Å². The first-order chi connectivity index (χ1) is 12.5. The Bertz CT molecular complexity index is 887. The maximum Gasteiger partial charge on any atom is 0.259 e. The minimum absolute atomic E-state index is 0.0682. The molecule has 132 valence electrons. The van der Waals surface area contributed by atoms with Crippen molar-refractivity contribution in [1.29, 1.82) is 0 Å². The van der Waals surface area contributed by atoms with Crippen molar-refractivity contribution >= 4 is 17.5 Å². The molecule has 2 aliphatic rings. The van der Waals surface area contributed by atoms with Crippen LogP contribution < -0.4 is 14.8 Å². The number of hydrogen-bond acceptors (Lipinski definition) is 4. The van der Waals surface area contributed by atoms with Gasteiger partial charge < -0.3 is 14.8 Å². The molecule has 4 rings (SSSR count). The fourth-order valence-corrected chi connectivity index (χ4v) is 3.20. The van der Waals surface area contributed by atoms with Crippen LogP contribution in [0.25, 0.3) is 5.70 Å². The first kappa shape index (κ1) is 16.2. The van der Waals surface area contributed by atoms with Gasteiger partial charge in [0.2, 0.25) is 12.7 Å². The molecule has 0 aliphatic carbocycles. The number of amides is 2. The van der Waals surface area contributed by atoms with Crippen LogP contribution in [-0.2, 0) is 4.79 Å². The summed E-state index contributed by atoms with van der Waals surface area (Å²) in [6, 6.07) is 12.6. The molecule has 2 aliphatic heterocycles. The molecule has 6 heteroatoms. The topological polar surface area (TPSA) is 67.9 Å². The highest BCUT2D eigenvalue weighted by Crippen LogP contribution is 2.34. The second-order valence-electron chi connectivity index (χ2n) is 6.29. The standard InChI is InChI=1S/C20H18N2O4/c1-12(14-7-8-17-18(9-14)26-11-25-17)21-19(23)10-22-13(2)15-5-3-4-6-16(15)20(22)24/h3-9,12H,2,10-11H2,1H3,(H,21,23)/t12-/m1/s1. The van der Waals surface area contributed by atoms with Gasteiger partial charge in [0, 0.05) is 16.8 Å².